The molecular weight excluding hydrogens is 452 g/mol. The smallest absolute Gasteiger partial charge is 0.270 e. The maximum absolute atomic E-state index is 13.0. The molecule has 2 aromatic carbocycles. The first-order valence-corrected chi connectivity index (χ1v) is 11.0. The molecular formula is C24H22N6O5. The number of carbonyl (C=O) groups excluding carboxylic acids is 4. The highest BCUT2D eigenvalue weighted by Crippen LogP contribution is 2.34. The predicted octanol–water partition coefficient (Wildman–Crippen LogP) is 0.268. The highest BCUT2D eigenvalue weighted by Gasteiger charge is 2.40. The molecule has 3 heterocycles. The summed E-state index contributed by atoms with van der Waals surface area (Å²) in [6.45, 7) is 0.549. The molecule has 4 amide bonds. The number of hydrogen-bond acceptors (Lipinski definition) is 7. The van der Waals surface area contributed by atoms with E-state index < -0.39 is 24.0 Å². The summed E-state index contributed by atoms with van der Waals surface area (Å²) in [5, 5.41) is 21.0. The van der Waals surface area contributed by atoms with Gasteiger partial charge in [-0.25, -0.2) is 4.68 Å². The first-order chi connectivity index (χ1) is 16.8. The molecule has 0 radical (unpaired) electrons. The van der Waals surface area contributed by atoms with Gasteiger partial charge < -0.3 is 15.7 Å². The average Bonchev–Trinajstić information content (AvgIpc) is 3.44. The lowest BCUT2D eigenvalue weighted by Crippen LogP contribution is -2.52. The number of hydrogen-bond donors (Lipinski definition) is 3. The topological polar surface area (TPSA) is 161 Å². The first-order valence-electron chi connectivity index (χ1n) is 11.0. The third kappa shape index (κ3) is 4.17. The van der Waals surface area contributed by atoms with Crippen molar-refractivity contribution in [3.8, 4) is 0 Å². The van der Waals surface area contributed by atoms with E-state index in [1.807, 2.05) is 12.1 Å². The predicted molar refractivity (Wildman–Crippen MR) is 121 cm³/mol. The van der Waals surface area contributed by atoms with Gasteiger partial charge in [0.2, 0.25) is 11.8 Å². The number of aliphatic hydroxyl groups is 1. The molecule has 178 valence electrons. The number of nitrogens with zero attached hydrogens (tertiary/aromatic N) is 4. The van der Waals surface area contributed by atoms with Crippen LogP contribution in [-0.2, 0) is 22.7 Å². The number of benzene rings is 2. The van der Waals surface area contributed by atoms with Gasteiger partial charge in [-0.15, -0.1) is 5.10 Å². The average molecular weight is 474 g/mol. The lowest BCUT2D eigenvalue weighted by molar-refractivity contribution is -0.136. The Morgan fingerprint density at radius 3 is 2.63 bits per heavy atom. The zero-order valence-corrected chi connectivity index (χ0v) is 18.5. The van der Waals surface area contributed by atoms with Gasteiger partial charge in [0.15, 0.2) is 5.69 Å². The molecule has 11 nitrogen and oxygen atoms in total. The van der Waals surface area contributed by atoms with E-state index in [2.05, 4.69) is 15.6 Å². The standard InChI is InChI=1S/C24H22N6O5/c25-22(33)18-12-29(28-27-18)10-13-4-6-14(7-5-13)21(32)15-2-1-3-16-17(15)11-30(24(16)35)19-8-9-20(31)26-23(19)34/h1-7,12,19,21,32H,8-11H2,(H2,25,33)(H,26,31,34). The van der Waals surface area contributed by atoms with Gasteiger partial charge in [0.25, 0.3) is 11.8 Å². The molecule has 0 aliphatic carbocycles. The van der Waals surface area contributed by atoms with E-state index in [0.717, 1.165) is 5.56 Å². The van der Waals surface area contributed by atoms with Crippen LogP contribution >= 0.6 is 0 Å². The number of fused-ring (bicyclic) bond motifs is 1. The van der Waals surface area contributed by atoms with Crippen LogP contribution in [0.15, 0.2) is 48.7 Å². The maximum atomic E-state index is 13.0. The fourth-order valence-corrected chi connectivity index (χ4v) is 4.53. The molecule has 35 heavy (non-hydrogen) atoms. The number of aliphatic hydroxyl groups excluding tert-OH is 1. The molecule has 0 spiro atoms. The van der Waals surface area contributed by atoms with Crippen LogP contribution in [0.2, 0.25) is 0 Å². The van der Waals surface area contributed by atoms with Crippen molar-refractivity contribution in [3.05, 3.63) is 82.2 Å². The fourth-order valence-electron chi connectivity index (χ4n) is 4.53. The highest BCUT2D eigenvalue weighted by molar-refractivity contribution is 6.05. The van der Waals surface area contributed by atoms with Crippen molar-refractivity contribution in [2.45, 2.75) is 38.1 Å². The van der Waals surface area contributed by atoms with E-state index in [0.29, 0.717) is 28.8 Å². The van der Waals surface area contributed by atoms with Gasteiger partial charge >= 0.3 is 0 Å². The summed E-state index contributed by atoms with van der Waals surface area (Å²) in [5.41, 5.74) is 8.48. The third-order valence-electron chi connectivity index (χ3n) is 6.34. The summed E-state index contributed by atoms with van der Waals surface area (Å²) < 4.78 is 1.49. The highest BCUT2D eigenvalue weighted by atomic mass is 16.3. The van der Waals surface area contributed by atoms with Crippen molar-refractivity contribution in [1.29, 1.82) is 0 Å². The third-order valence-corrected chi connectivity index (χ3v) is 6.34. The van der Waals surface area contributed by atoms with Crippen LogP contribution in [0.1, 0.15) is 62.0 Å². The Bertz CT molecular complexity index is 1350. The monoisotopic (exact) mass is 474 g/mol. The zero-order chi connectivity index (χ0) is 24.7. The second-order valence-corrected chi connectivity index (χ2v) is 8.58. The summed E-state index contributed by atoms with van der Waals surface area (Å²) in [5.74, 6) is -1.76. The van der Waals surface area contributed by atoms with Gasteiger partial charge in [-0.1, -0.05) is 41.6 Å². The molecule has 3 aromatic rings. The summed E-state index contributed by atoms with van der Waals surface area (Å²) in [6.07, 6.45) is 0.929. The SMILES string of the molecule is NC(=O)c1cn(Cc2ccc(C(O)c3cccc4c3CN(C3CCC(=O)NC3=O)C4=O)cc2)nn1. The van der Waals surface area contributed by atoms with E-state index in [1.54, 1.807) is 30.3 Å². The van der Waals surface area contributed by atoms with E-state index in [9.17, 15) is 24.3 Å². The van der Waals surface area contributed by atoms with Crippen molar-refractivity contribution >= 4 is 23.6 Å². The fraction of sp³-hybridized carbons (Fsp3) is 0.250. The number of amides is 4. The normalized spacial score (nSPS) is 18.4. The molecule has 2 unspecified atom stereocenters. The number of imide groups is 1. The van der Waals surface area contributed by atoms with Gasteiger partial charge in [-0.2, -0.15) is 0 Å². The van der Waals surface area contributed by atoms with E-state index >= 15 is 0 Å². The Balaban J connectivity index is 1.34. The number of nitrogens with one attached hydrogen (secondary N) is 1. The van der Waals surface area contributed by atoms with Gasteiger partial charge in [-0.3, -0.25) is 24.5 Å². The molecule has 2 aliphatic heterocycles. The quantitative estimate of drug-likeness (QED) is 0.432. The van der Waals surface area contributed by atoms with Gasteiger partial charge in [-0.05, 0) is 34.7 Å². The van der Waals surface area contributed by atoms with Crippen LogP contribution in [0.25, 0.3) is 0 Å². The molecule has 4 N–H and O–H groups in total. The van der Waals surface area contributed by atoms with E-state index in [4.69, 9.17) is 5.73 Å². The van der Waals surface area contributed by atoms with Crippen molar-refractivity contribution < 1.29 is 24.3 Å². The molecule has 5 rings (SSSR count). The van der Waals surface area contributed by atoms with E-state index in [-0.39, 0.29) is 36.9 Å². The second-order valence-electron chi connectivity index (χ2n) is 8.58. The van der Waals surface area contributed by atoms with E-state index in [1.165, 1.54) is 15.8 Å². The van der Waals surface area contributed by atoms with Crippen molar-refractivity contribution in [3.63, 3.8) is 0 Å². The molecule has 0 bridgehead atoms. The minimum atomic E-state index is -0.985. The lowest BCUT2D eigenvalue weighted by atomic mass is 9.94. The van der Waals surface area contributed by atoms with Crippen LogP contribution in [0.3, 0.4) is 0 Å². The Morgan fingerprint density at radius 1 is 1.17 bits per heavy atom. The van der Waals surface area contributed by atoms with Crippen LogP contribution in [0.4, 0.5) is 0 Å². The maximum Gasteiger partial charge on any atom is 0.270 e. The van der Waals surface area contributed by atoms with Crippen LogP contribution in [0, 0.1) is 0 Å². The van der Waals surface area contributed by atoms with Crippen molar-refractivity contribution in [2.75, 3.05) is 0 Å². The Morgan fingerprint density at radius 2 is 1.94 bits per heavy atom. The largest absolute Gasteiger partial charge is 0.384 e. The molecule has 2 aliphatic rings. The minimum Gasteiger partial charge on any atom is -0.384 e. The molecule has 11 heteroatoms. The van der Waals surface area contributed by atoms with Gasteiger partial charge in [0.1, 0.15) is 12.1 Å². The summed E-state index contributed by atoms with van der Waals surface area (Å²) >= 11 is 0. The molecule has 1 saturated heterocycles. The summed E-state index contributed by atoms with van der Waals surface area (Å²) in [7, 11) is 0. The number of carbonyl (C=O) groups is 4. The molecule has 1 fully saturated rings. The Hall–Kier alpha value is -4.38. The van der Waals surface area contributed by atoms with Gasteiger partial charge in [0, 0.05) is 18.5 Å². The lowest BCUT2D eigenvalue weighted by Gasteiger charge is -2.29. The van der Waals surface area contributed by atoms with Crippen LogP contribution in [0.5, 0.6) is 0 Å². The molecule has 1 aromatic heterocycles. The summed E-state index contributed by atoms with van der Waals surface area (Å²) in [4.78, 5) is 49.5. The minimum absolute atomic E-state index is 0.0795. The molecule has 0 saturated carbocycles. The molecule has 2 atom stereocenters. The first kappa shape index (κ1) is 22.4. The Labute approximate surface area is 199 Å². The number of rotatable bonds is 6. The summed E-state index contributed by atoms with van der Waals surface area (Å²) in [6, 6.07) is 11.6. The number of primary amides is 1. The number of nitrogens with two attached hydrogens (primary N) is 1. The van der Waals surface area contributed by atoms with Crippen LogP contribution < -0.4 is 11.1 Å². The zero-order valence-electron chi connectivity index (χ0n) is 18.5. The van der Waals surface area contributed by atoms with Crippen LogP contribution in [-0.4, -0.2) is 54.7 Å². The Kier molecular flexibility index (Phi) is 5.61. The van der Waals surface area contributed by atoms with Gasteiger partial charge in [0.05, 0.1) is 12.7 Å². The number of piperidine rings is 1. The van der Waals surface area contributed by atoms with Crippen molar-refractivity contribution in [1.82, 2.24) is 25.2 Å². The second kappa shape index (κ2) is 8.76. The number of aromatic nitrogens is 3. The van der Waals surface area contributed by atoms with Crippen molar-refractivity contribution in [2.24, 2.45) is 5.73 Å².